The van der Waals surface area contributed by atoms with Gasteiger partial charge in [-0.25, -0.2) is 0 Å². The van der Waals surface area contributed by atoms with Gasteiger partial charge in [-0.15, -0.1) is 10.2 Å². The summed E-state index contributed by atoms with van der Waals surface area (Å²) in [5.74, 6) is 1.77. The van der Waals surface area contributed by atoms with Crippen LogP contribution >= 0.6 is 0 Å². The number of quaternary nitrogens is 2. The Bertz CT molecular complexity index is 804. The van der Waals surface area contributed by atoms with E-state index in [1.54, 1.807) is 11.2 Å². The quantitative estimate of drug-likeness (QED) is 0.693. The lowest BCUT2D eigenvalue weighted by molar-refractivity contribution is -1.02. The van der Waals surface area contributed by atoms with Crippen LogP contribution in [0.4, 0.5) is 0 Å². The highest BCUT2D eigenvalue weighted by Gasteiger charge is 2.25. The van der Waals surface area contributed by atoms with Crippen molar-refractivity contribution >= 4 is 0 Å². The number of nitrogens with one attached hydrogen (secondary N) is 2. The summed E-state index contributed by atoms with van der Waals surface area (Å²) < 4.78 is 11.0. The number of hydrogen-bond donors (Lipinski definition) is 2. The van der Waals surface area contributed by atoms with Crippen LogP contribution in [0.2, 0.25) is 0 Å². The van der Waals surface area contributed by atoms with Crippen molar-refractivity contribution in [2.45, 2.75) is 20.0 Å². The van der Waals surface area contributed by atoms with E-state index in [1.165, 1.54) is 29.1 Å². The maximum Gasteiger partial charge on any atom is 0.283 e. The van der Waals surface area contributed by atoms with Crippen LogP contribution in [0, 0.1) is 6.92 Å². The summed E-state index contributed by atoms with van der Waals surface area (Å²) in [4.78, 5) is 3.16. The third-order valence-corrected chi connectivity index (χ3v) is 4.97. The fourth-order valence-electron chi connectivity index (χ4n) is 3.43. The monoisotopic (exact) mass is 340 g/mol. The summed E-state index contributed by atoms with van der Waals surface area (Å²) in [5, 5.41) is 8.24. The van der Waals surface area contributed by atoms with Crippen molar-refractivity contribution in [2.24, 2.45) is 0 Å². The van der Waals surface area contributed by atoms with E-state index in [0.717, 1.165) is 26.2 Å². The van der Waals surface area contributed by atoms with Gasteiger partial charge in [-0.1, -0.05) is 24.3 Å². The van der Waals surface area contributed by atoms with Crippen LogP contribution in [0.25, 0.3) is 11.7 Å². The minimum Gasteiger partial charge on any atom is -0.459 e. The Morgan fingerprint density at radius 1 is 0.920 bits per heavy atom. The van der Waals surface area contributed by atoms with Gasteiger partial charge < -0.3 is 18.6 Å². The molecule has 4 rings (SSSR count). The highest BCUT2D eigenvalue weighted by Crippen LogP contribution is 2.17. The maximum atomic E-state index is 5.73. The fraction of sp³-hybridized carbons (Fsp3) is 0.368. The van der Waals surface area contributed by atoms with Gasteiger partial charge in [0.2, 0.25) is 0 Å². The lowest BCUT2D eigenvalue weighted by Crippen LogP contribution is -3.27. The highest BCUT2D eigenvalue weighted by molar-refractivity contribution is 5.42. The average molecular weight is 340 g/mol. The minimum atomic E-state index is 0.461. The molecule has 0 radical (unpaired) electrons. The van der Waals surface area contributed by atoms with Crippen molar-refractivity contribution in [2.75, 3.05) is 26.2 Å². The van der Waals surface area contributed by atoms with Crippen molar-refractivity contribution in [3.05, 3.63) is 59.7 Å². The number of aromatic nitrogens is 2. The second-order valence-electron chi connectivity index (χ2n) is 6.76. The van der Waals surface area contributed by atoms with E-state index in [1.807, 2.05) is 12.1 Å². The van der Waals surface area contributed by atoms with Crippen molar-refractivity contribution in [1.29, 1.82) is 0 Å². The predicted molar refractivity (Wildman–Crippen MR) is 92.0 cm³/mol. The van der Waals surface area contributed by atoms with E-state index < -0.39 is 0 Å². The van der Waals surface area contributed by atoms with Crippen LogP contribution < -0.4 is 9.80 Å². The lowest BCUT2D eigenvalue weighted by Gasteiger charge is -2.29. The van der Waals surface area contributed by atoms with E-state index in [9.17, 15) is 0 Å². The van der Waals surface area contributed by atoms with Gasteiger partial charge in [-0.2, -0.15) is 0 Å². The molecule has 0 saturated carbocycles. The highest BCUT2D eigenvalue weighted by atomic mass is 16.4. The molecule has 1 aliphatic rings. The van der Waals surface area contributed by atoms with Crippen LogP contribution in [0.3, 0.4) is 0 Å². The molecule has 1 saturated heterocycles. The summed E-state index contributed by atoms with van der Waals surface area (Å²) in [6.07, 6.45) is 1.61. The molecule has 2 aromatic heterocycles. The zero-order valence-electron chi connectivity index (χ0n) is 14.5. The van der Waals surface area contributed by atoms with Gasteiger partial charge in [0.05, 0.1) is 6.26 Å². The van der Waals surface area contributed by atoms with Gasteiger partial charge in [-0.05, 0) is 24.6 Å². The first-order valence-corrected chi connectivity index (χ1v) is 8.86. The zero-order chi connectivity index (χ0) is 17.1. The standard InChI is InChI=1S/C19H22N4O2/c1-15-5-2-3-6-16(15)13-22-8-10-23(11-9-22)14-18-20-21-19(25-18)17-7-4-12-24-17/h2-7,12H,8-11,13-14H2,1H3/p+2. The molecule has 3 heterocycles. The Labute approximate surface area is 147 Å². The summed E-state index contributed by atoms with van der Waals surface area (Å²) in [7, 11) is 0. The molecule has 6 heteroatoms. The second-order valence-corrected chi connectivity index (χ2v) is 6.76. The molecular weight excluding hydrogens is 316 g/mol. The van der Waals surface area contributed by atoms with Crippen molar-refractivity contribution in [3.63, 3.8) is 0 Å². The molecule has 1 fully saturated rings. The predicted octanol–water partition coefficient (Wildman–Crippen LogP) is 0.122. The SMILES string of the molecule is Cc1ccccc1C[NH+]1CC[NH+](Cc2nnc(-c3ccco3)o2)CC1. The molecule has 0 aliphatic carbocycles. The van der Waals surface area contributed by atoms with Crippen molar-refractivity contribution in [3.8, 4) is 11.7 Å². The number of rotatable bonds is 5. The zero-order valence-corrected chi connectivity index (χ0v) is 14.5. The third kappa shape index (κ3) is 3.81. The van der Waals surface area contributed by atoms with Crippen molar-refractivity contribution < 1.29 is 18.6 Å². The number of hydrogen-bond acceptors (Lipinski definition) is 4. The average Bonchev–Trinajstić information content (AvgIpc) is 3.30. The first kappa shape index (κ1) is 16.1. The van der Waals surface area contributed by atoms with Gasteiger partial charge in [-0.3, -0.25) is 0 Å². The van der Waals surface area contributed by atoms with Crippen molar-refractivity contribution in [1.82, 2.24) is 10.2 Å². The van der Waals surface area contributed by atoms with E-state index in [4.69, 9.17) is 8.83 Å². The molecule has 3 aromatic rings. The first-order chi connectivity index (χ1) is 12.3. The number of benzene rings is 1. The van der Waals surface area contributed by atoms with Crippen LogP contribution in [0.5, 0.6) is 0 Å². The number of piperazine rings is 1. The molecule has 6 nitrogen and oxygen atoms in total. The maximum absolute atomic E-state index is 5.73. The molecule has 130 valence electrons. The van der Waals surface area contributed by atoms with E-state index >= 15 is 0 Å². The van der Waals surface area contributed by atoms with E-state index in [0.29, 0.717) is 17.5 Å². The van der Waals surface area contributed by atoms with Gasteiger partial charge in [0.15, 0.2) is 12.3 Å². The number of aryl methyl sites for hydroxylation is 1. The molecular formula is C19H24N4O2+2. The van der Waals surface area contributed by atoms with Gasteiger partial charge >= 0.3 is 0 Å². The molecule has 25 heavy (non-hydrogen) atoms. The largest absolute Gasteiger partial charge is 0.459 e. The normalized spacial score (nSPS) is 20.7. The molecule has 1 aliphatic heterocycles. The Morgan fingerprint density at radius 2 is 1.68 bits per heavy atom. The number of furan rings is 1. The second kappa shape index (κ2) is 7.21. The molecule has 0 atom stereocenters. The summed E-state index contributed by atoms with van der Waals surface area (Å²) in [6.45, 7) is 8.68. The molecule has 1 aromatic carbocycles. The molecule has 2 N–H and O–H groups in total. The Balaban J connectivity index is 1.30. The molecule has 0 amide bonds. The summed E-state index contributed by atoms with van der Waals surface area (Å²) in [5.41, 5.74) is 2.85. The van der Waals surface area contributed by atoms with Crippen LogP contribution in [-0.4, -0.2) is 36.4 Å². The van der Waals surface area contributed by atoms with E-state index in [2.05, 4.69) is 41.4 Å². The third-order valence-electron chi connectivity index (χ3n) is 4.97. The van der Waals surface area contributed by atoms with Crippen LogP contribution in [0.1, 0.15) is 17.0 Å². The van der Waals surface area contributed by atoms with E-state index in [-0.39, 0.29) is 0 Å². The topological polar surface area (TPSA) is 60.9 Å². The first-order valence-electron chi connectivity index (χ1n) is 8.86. The van der Waals surface area contributed by atoms with Gasteiger partial charge in [0.1, 0.15) is 32.7 Å². The lowest BCUT2D eigenvalue weighted by atomic mass is 10.1. The molecule has 0 unspecified atom stereocenters. The number of nitrogens with zero attached hydrogens (tertiary/aromatic N) is 2. The molecule has 0 spiro atoms. The minimum absolute atomic E-state index is 0.461. The van der Waals surface area contributed by atoms with Crippen LogP contribution in [0.15, 0.2) is 51.5 Å². The Morgan fingerprint density at radius 3 is 2.40 bits per heavy atom. The Kier molecular flexibility index (Phi) is 4.63. The van der Waals surface area contributed by atoms with Crippen LogP contribution in [-0.2, 0) is 13.1 Å². The van der Waals surface area contributed by atoms with Gasteiger partial charge in [0, 0.05) is 5.56 Å². The fourth-order valence-corrected chi connectivity index (χ4v) is 3.43. The summed E-state index contributed by atoms with van der Waals surface area (Å²) >= 11 is 0. The smallest absolute Gasteiger partial charge is 0.283 e. The summed E-state index contributed by atoms with van der Waals surface area (Å²) in [6, 6.07) is 12.3. The Hall–Kier alpha value is -2.44. The van der Waals surface area contributed by atoms with Gasteiger partial charge in [0.25, 0.3) is 11.8 Å². The molecule has 0 bridgehead atoms.